The summed E-state index contributed by atoms with van der Waals surface area (Å²) in [5, 5.41) is 11.3. The Hall–Kier alpha value is -0.630. The van der Waals surface area contributed by atoms with Crippen molar-refractivity contribution in [2.45, 2.75) is 6.92 Å². The van der Waals surface area contributed by atoms with E-state index in [1.165, 1.54) is 23.9 Å². The quantitative estimate of drug-likeness (QED) is 0.272. The van der Waals surface area contributed by atoms with Gasteiger partial charge in [-0.3, -0.25) is 10.1 Å². The highest BCUT2D eigenvalue weighted by atomic mass is 127. The minimum absolute atomic E-state index is 0. The SMILES string of the molecule is CS/C(C)=N/c1cccc([N+](=O)[O-])c1.I. The van der Waals surface area contributed by atoms with E-state index in [4.69, 9.17) is 0 Å². The van der Waals surface area contributed by atoms with Gasteiger partial charge in [0.2, 0.25) is 0 Å². The number of benzene rings is 1. The highest BCUT2D eigenvalue weighted by molar-refractivity contribution is 14.0. The van der Waals surface area contributed by atoms with E-state index in [1.54, 1.807) is 12.1 Å². The summed E-state index contributed by atoms with van der Waals surface area (Å²) in [4.78, 5) is 14.2. The summed E-state index contributed by atoms with van der Waals surface area (Å²) in [5.41, 5.74) is 0.686. The molecule has 6 heteroatoms. The summed E-state index contributed by atoms with van der Waals surface area (Å²) in [6.07, 6.45) is 1.91. The maximum atomic E-state index is 10.5. The van der Waals surface area contributed by atoms with Crippen molar-refractivity contribution in [3.05, 3.63) is 34.4 Å². The average Bonchev–Trinajstić information content (AvgIpc) is 2.18. The third-order valence-corrected chi connectivity index (χ3v) is 2.30. The van der Waals surface area contributed by atoms with Gasteiger partial charge < -0.3 is 0 Å². The summed E-state index contributed by atoms with van der Waals surface area (Å²) in [6.45, 7) is 1.86. The van der Waals surface area contributed by atoms with Gasteiger partial charge in [0.15, 0.2) is 0 Å². The number of hydrogen-bond acceptors (Lipinski definition) is 4. The Morgan fingerprint density at radius 3 is 2.73 bits per heavy atom. The Labute approximate surface area is 109 Å². The summed E-state index contributed by atoms with van der Waals surface area (Å²) in [7, 11) is 0. The van der Waals surface area contributed by atoms with E-state index in [9.17, 15) is 10.1 Å². The van der Waals surface area contributed by atoms with Crippen molar-refractivity contribution in [1.29, 1.82) is 0 Å². The molecule has 4 nitrogen and oxygen atoms in total. The van der Waals surface area contributed by atoms with Gasteiger partial charge in [0.25, 0.3) is 5.69 Å². The predicted molar refractivity (Wildman–Crippen MR) is 74.8 cm³/mol. The first-order valence-electron chi connectivity index (χ1n) is 3.97. The third-order valence-electron chi connectivity index (χ3n) is 1.62. The van der Waals surface area contributed by atoms with Gasteiger partial charge in [-0.15, -0.1) is 35.7 Å². The lowest BCUT2D eigenvalue weighted by atomic mass is 10.3. The van der Waals surface area contributed by atoms with Crippen LogP contribution in [0.15, 0.2) is 29.3 Å². The number of aliphatic imine (C=N–C) groups is 1. The lowest BCUT2D eigenvalue weighted by molar-refractivity contribution is -0.384. The number of halogens is 1. The molecular formula is C9H11IN2O2S. The zero-order valence-corrected chi connectivity index (χ0v) is 11.5. The molecule has 0 aliphatic carbocycles. The van der Waals surface area contributed by atoms with Crippen molar-refractivity contribution in [2.24, 2.45) is 4.99 Å². The fourth-order valence-corrected chi connectivity index (χ4v) is 1.10. The molecule has 15 heavy (non-hydrogen) atoms. The van der Waals surface area contributed by atoms with Crippen LogP contribution in [0, 0.1) is 10.1 Å². The van der Waals surface area contributed by atoms with Gasteiger partial charge in [0.1, 0.15) is 0 Å². The molecule has 0 N–H and O–H groups in total. The number of non-ortho nitro benzene ring substituents is 1. The van der Waals surface area contributed by atoms with Crippen LogP contribution in [0.4, 0.5) is 11.4 Å². The van der Waals surface area contributed by atoms with Gasteiger partial charge in [-0.1, -0.05) is 6.07 Å². The average molecular weight is 338 g/mol. The van der Waals surface area contributed by atoms with Crippen LogP contribution in [-0.4, -0.2) is 16.2 Å². The van der Waals surface area contributed by atoms with Crippen LogP contribution >= 0.6 is 35.7 Å². The number of nitro groups is 1. The maximum Gasteiger partial charge on any atom is 0.271 e. The number of nitro benzene ring substituents is 1. The Balaban J connectivity index is 0.00000196. The standard InChI is InChI=1S/C9H10N2O2S.HI/c1-7(14-2)10-8-4-3-5-9(6-8)11(12)13;/h3-6H,1-2H3;1H/b10-7+;. The third kappa shape index (κ3) is 4.61. The summed E-state index contributed by atoms with van der Waals surface area (Å²) >= 11 is 1.51. The molecule has 0 spiro atoms. The van der Waals surface area contributed by atoms with Gasteiger partial charge in [0.05, 0.1) is 15.7 Å². The number of nitrogens with zero attached hydrogens (tertiary/aromatic N) is 2. The summed E-state index contributed by atoms with van der Waals surface area (Å²) in [6, 6.07) is 6.28. The van der Waals surface area contributed by atoms with Crippen LogP contribution in [-0.2, 0) is 0 Å². The molecule has 1 aromatic rings. The van der Waals surface area contributed by atoms with E-state index in [2.05, 4.69) is 4.99 Å². The highest BCUT2D eigenvalue weighted by Gasteiger charge is 2.04. The van der Waals surface area contributed by atoms with Gasteiger partial charge in [-0.25, -0.2) is 4.99 Å². The van der Waals surface area contributed by atoms with Crippen molar-refractivity contribution < 1.29 is 4.92 Å². The topological polar surface area (TPSA) is 55.5 Å². The molecule has 0 heterocycles. The Morgan fingerprint density at radius 1 is 1.53 bits per heavy atom. The van der Waals surface area contributed by atoms with E-state index in [0.29, 0.717) is 5.69 Å². The second-order valence-corrected chi connectivity index (χ2v) is 3.61. The fraction of sp³-hybridized carbons (Fsp3) is 0.222. The minimum atomic E-state index is -0.423. The molecule has 82 valence electrons. The normalized spacial score (nSPS) is 10.7. The molecule has 0 unspecified atom stereocenters. The number of hydrogen-bond donors (Lipinski definition) is 0. The summed E-state index contributed by atoms with van der Waals surface area (Å²) < 4.78 is 0. The number of rotatable bonds is 2. The Bertz CT molecular complexity index is 382. The smallest absolute Gasteiger partial charge is 0.258 e. The first kappa shape index (κ1) is 14.4. The lowest BCUT2D eigenvalue weighted by Gasteiger charge is -1.96. The van der Waals surface area contributed by atoms with Gasteiger partial charge in [-0.05, 0) is 19.2 Å². The molecule has 1 aromatic carbocycles. The Kier molecular flexibility index (Phi) is 6.50. The van der Waals surface area contributed by atoms with Crippen molar-refractivity contribution in [3.8, 4) is 0 Å². The number of thioether (sulfide) groups is 1. The van der Waals surface area contributed by atoms with Crippen LogP contribution in [0.1, 0.15) is 6.92 Å². The fourth-order valence-electron chi connectivity index (χ4n) is 0.904. The molecule has 1 rings (SSSR count). The van der Waals surface area contributed by atoms with Crippen LogP contribution in [0.25, 0.3) is 0 Å². The zero-order chi connectivity index (χ0) is 10.6. The maximum absolute atomic E-state index is 10.5. The van der Waals surface area contributed by atoms with Crippen molar-refractivity contribution in [2.75, 3.05) is 6.26 Å². The molecule has 0 saturated carbocycles. The minimum Gasteiger partial charge on any atom is -0.258 e. The van der Waals surface area contributed by atoms with E-state index in [0.717, 1.165) is 5.04 Å². The monoisotopic (exact) mass is 338 g/mol. The Morgan fingerprint density at radius 2 is 2.20 bits per heavy atom. The van der Waals surface area contributed by atoms with Crippen LogP contribution < -0.4 is 0 Å². The first-order valence-corrected chi connectivity index (χ1v) is 5.19. The second-order valence-electron chi connectivity index (χ2n) is 2.61. The molecule has 0 saturated heterocycles. The van der Waals surface area contributed by atoms with Crippen molar-refractivity contribution >= 4 is 52.2 Å². The summed E-state index contributed by atoms with van der Waals surface area (Å²) in [5.74, 6) is 0. The van der Waals surface area contributed by atoms with Crippen LogP contribution in [0.3, 0.4) is 0 Å². The highest BCUT2D eigenvalue weighted by Crippen LogP contribution is 2.20. The molecule has 0 aliphatic heterocycles. The van der Waals surface area contributed by atoms with E-state index in [1.807, 2.05) is 13.2 Å². The largest absolute Gasteiger partial charge is 0.271 e. The molecule has 0 bridgehead atoms. The van der Waals surface area contributed by atoms with E-state index < -0.39 is 4.92 Å². The molecule has 0 amide bonds. The molecule has 0 fully saturated rings. The first-order chi connectivity index (χ1) is 6.63. The van der Waals surface area contributed by atoms with Gasteiger partial charge in [0, 0.05) is 12.1 Å². The molecule has 0 aromatic heterocycles. The second kappa shape index (κ2) is 6.78. The van der Waals surface area contributed by atoms with Crippen molar-refractivity contribution in [1.82, 2.24) is 0 Å². The van der Waals surface area contributed by atoms with Gasteiger partial charge in [-0.2, -0.15) is 0 Å². The molecule has 0 radical (unpaired) electrons. The van der Waals surface area contributed by atoms with Gasteiger partial charge >= 0.3 is 0 Å². The van der Waals surface area contributed by atoms with E-state index in [-0.39, 0.29) is 29.7 Å². The van der Waals surface area contributed by atoms with E-state index >= 15 is 0 Å². The molecular weight excluding hydrogens is 327 g/mol. The van der Waals surface area contributed by atoms with Crippen molar-refractivity contribution in [3.63, 3.8) is 0 Å². The zero-order valence-electron chi connectivity index (χ0n) is 8.34. The molecule has 0 atom stereocenters. The molecule has 0 aliphatic rings. The van der Waals surface area contributed by atoms with Crippen LogP contribution in [0.5, 0.6) is 0 Å². The van der Waals surface area contributed by atoms with Crippen LogP contribution in [0.2, 0.25) is 0 Å². The lowest BCUT2D eigenvalue weighted by Crippen LogP contribution is -1.86. The predicted octanol–water partition coefficient (Wildman–Crippen LogP) is 3.63.